The van der Waals surface area contributed by atoms with Crippen molar-refractivity contribution in [3.05, 3.63) is 75.9 Å². The number of methoxy groups -OCH3 is 1. The SMILES string of the molecule is COc1cc(C=C[C@H]2C3=CC[C@@H]4C(=O)N(c5ccc([N+](=O)[O-])cc5)C(=O)[C@@H]4[C@@H]3C[C@@]3(Cl)C(=O)N(CBr)C(=O)[C@@]23Cl)ccc1O. The zero-order valence-electron chi connectivity index (χ0n) is 23.0. The summed E-state index contributed by atoms with van der Waals surface area (Å²) in [4.78, 5) is 63.7. The van der Waals surface area contributed by atoms with Crippen molar-refractivity contribution in [2.24, 2.45) is 23.7 Å². The molecule has 2 aliphatic heterocycles. The molecule has 0 aromatic heterocycles. The van der Waals surface area contributed by atoms with Crippen molar-refractivity contribution in [1.29, 1.82) is 0 Å². The Kier molecular flexibility index (Phi) is 7.37. The number of phenolic OH excluding ortho intramolecular Hbond substituents is 1. The molecule has 3 fully saturated rings. The monoisotopic (exact) mass is 703 g/mol. The zero-order chi connectivity index (χ0) is 31.7. The number of allylic oxidation sites excluding steroid dienone is 3. The van der Waals surface area contributed by atoms with Crippen molar-refractivity contribution in [1.82, 2.24) is 4.90 Å². The van der Waals surface area contributed by atoms with Crippen LogP contribution in [0.5, 0.6) is 11.5 Å². The number of nitro benzene ring substituents is 1. The van der Waals surface area contributed by atoms with Gasteiger partial charge in [0, 0.05) is 18.1 Å². The van der Waals surface area contributed by atoms with Crippen LogP contribution in [0, 0.1) is 33.8 Å². The first-order valence-electron chi connectivity index (χ1n) is 13.6. The normalized spacial score (nSPS) is 31.2. The summed E-state index contributed by atoms with van der Waals surface area (Å²) in [5.74, 6) is -5.54. The first-order valence-corrected chi connectivity index (χ1v) is 15.4. The van der Waals surface area contributed by atoms with Crippen LogP contribution in [0.3, 0.4) is 0 Å². The van der Waals surface area contributed by atoms with E-state index in [-0.39, 0.29) is 41.2 Å². The van der Waals surface area contributed by atoms with Crippen molar-refractivity contribution in [2.75, 3.05) is 17.5 Å². The van der Waals surface area contributed by atoms with Crippen LogP contribution in [0.15, 0.2) is 60.2 Å². The number of carbonyl (C=O) groups excluding carboxylic acids is 4. The third kappa shape index (κ3) is 4.14. The highest BCUT2D eigenvalue weighted by Gasteiger charge is 2.75. The van der Waals surface area contributed by atoms with Crippen LogP contribution >= 0.6 is 39.1 Å². The number of benzene rings is 2. The van der Waals surface area contributed by atoms with E-state index in [4.69, 9.17) is 27.9 Å². The molecule has 6 atom stereocenters. The highest BCUT2D eigenvalue weighted by Crippen LogP contribution is 2.63. The topological polar surface area (TPSA) is 147 Å². The molecule has 44 heavy (non-hydrogen) atoms. The summed E-state index contributed by atoms with van der Waals surface area (Å²) in [6.45, 7) is 0. The van der Waals surface area contributed by atoms with E-state index in [9.17, 15) is 34.4 Å². The molecule has 6 rings (SSSR count). The number of alkyl halides is 3. The number of nitrogens with zero attached hydrogens (tertiary/aromatic N) is 3. The maximum atomic E-state index is 14.0. The lowest BCUT2D eigenvalue weighted by Crippen LogP contribution is -2.60. The fourth-order valence-electron chi connectivity index (χ4n) is 6.98. The number of nitro groups is 1. The Labute approximate surface area is 269 Å². The number of hydrogen-bond acceptors (Lipinski definition) is 8. The zero-order valence-corrected chi connectivity index (χ0v) is 26.1. The predicted molar refractivity (Wildman–Crippen MR) is 163 cm³/mol. The van der Waals surface area contributed by atoms with Gasteiger partial charge in [-0.2, -0.15) is 0 Å². The van der Waals surface area contributed by atoms with Crippen LogP contribution in [-0.2, 0) is 19.2 Å². The lowest BCUT2D eigenvalue weighted by Gasteiger charge is -2.49. The number of carbonyl (C=O) groups is 4. The van der Waals surface area contributed by atoms with Gasteiger partial charge in [0.1, 0.15) is 0 Å². The fourth-order valence-corrected chi connectivity index (χ4v) is 8.37. The van der Waals surface area contributed by atoms with Gasteiger partial charge in [0.05, 0.1) is 35.0 Å². The van der Waals surface area contributed by atoms with Gasteiger partial charge in [0.25, 0.3) is 17.5 Å². The van der Waals surface area contributed by atoms with Crippen LogP contribution in [-0.4, -0.2) is 60.9 Å². The molecule has 2 heterocycles. The summed E-state index contributed by atoms with van der Waals surface area (Å²) < 4.78 is 5.20. The number of hydrogen-bond donors (Lipinski definition) is 1. The summed E-state index contributed by atoms with van der Waals surface area (Å²) in [5.41, 5.74) is 1.08. The molecule has 14 heteroatoms. The summed E-state index contributed by atoms with van der Waals surface area (Å²) in [7, 11) is 1.41. The van der Waals surface area contributed by atoms with Gasteiger partial charge in [-0.25, -0.2) is 0 Å². The van der Waals surface area contributed by atoms with E-state index in [2.05, 4.69) is 15.9 Å². The molecule has 2 aliphatic carbocycles. The Bertz CT molecular complexity index is 1700. The van der Waals surface area contributed by atoms with Crippen molar-refractivity contribution >= 4 is 80.2 Å². The molecule has 2 aromatic carbocycles. The second-order valence-electron chi connectivity index (χ2n) is 11.1. The Morgan fingerprint density at radius 3 is 2.43 bits per heavy atom. The molecule has 11 nitrogen and oxygen atoms in total. The van der Waals surface area contributed by atoms with E-state index in [1.807, 2.05) is 0 Å². The molecule has 0 radical (unpaired) electrons. The second kappa shape index (κ2) is 10.7. The van der Waals surface area contributed by atoms with E-state index in [1.165, 1.54) is 37.4 Å². The molecule has 1 saturated carbocycles. The molecular weight excluding hydrogens is 681 g/mol. The fraction of sp³-hybridized carbons (Fsp3) is 0.333. The van der Waals surface area contributed by atoms with E-state index < -0.39 is 62.0 Å². The third-order valence-electron chi connectivity index (χ3n) is 9.07. The lowest BCUT2D eigenvalue weighted by atomic mass is 9.57. The number of ether oxygens (including phenoxy) is 1. The lowest BCUT2D eigenvalue weighted by molar-refractivity contribution is -0.384. The molecular formula is C30H24BrCl2N3O8. The first-order chi connectivity index (χ1) is 20.9. The number of fused-ring (bicyclic) bond motifs is 4. The van der Waals surface area contributed by atoms with E-state index in [0.29, 0.717) is 11.1 Å². The minimum Gasteiger partial charge on any atom is -0.504 e. The van der Waals surface area contributed by atoms with Crippen molar-refractivity contribution < 1.29 is 33.9 Å². The van der Waals surface area contributed by atoms with Gasteiger partial charge in [0.2, 0.25) is 11.8 Å². The minimum absolute atomic E-state index is 0.0662. The van der Waals surface area contributed by atoms with Crippen LogP contribution < -0.4 is 9.64 Å². The van der Waals surface area contributed by atoms with Gasteiger partial charge in [-0.05, 0) is 48.6 Å². The summed E-state index contributed by atoms with van der Waals surface area (Å²) in [5, 5.41) is 21.2. The van der Waals surface area contributed by atoms with Crippen molar-refractivity contribution in [3.8, 4) is 11.5 Å². The summed E-state index contributed by atoms with van der Waals surface area (Å²) >= 11 is 17.5. The van der Waals surface area contributed by atoms with Crippen LogP contribution in [0.1, 0.15) is 18.4 Å². The van der Waals surface area contributed by atoms with Gasteiger partial charge in [-0.15, -0.1) is 23.2 Å². The molecule has 4 amide bonds. The smallest absolute Gasteiger partial charge is 0.269 e. The summed E-state index contributed by atoms with van der Waals surface area (Å²) in [6, 6.07) is 9.78. The second-order valence-corrected chi connectivity index (χ2v) is 12.8. The third-order valence-corrected chi connectivity index (χ3v) is 11.0. The van der Waals surface area contributed by atoms with Gasteiger partial charge >= 0.3 is 0 Å². The predicted octanol–water partition coefficient (Wildman–Crippen LogP) is 4.77. The van der Waals surface area contributed by atoms with Crippen LogP contribution in [0.2, 0.25) is 0 Å². The Morgan fingerprint density at radius 2 is 1.80 bits per heavy atom. The maximum absolute atomic E-state index is 14.0. The first kappa shape index (κ1) is 30.3. The largest absolute Gasteiger partial charge is 0.504 e. The van der Waals surface area contributed by atoms with Gasteiger partial charge in [0.15, 0.2) is 21.2 Å². The van der Waals surface area contributed by atoms with E-state index in [1.54, 1.807) is 30.4 Å². The van der Waals surface area contributed by atoms with Gasteiger partial charge < -0.3 is 9.84 Å². The van der Waals surface area contributed by atoms with Gasteiger partial charge in [-0.1, -0.05) is 45.8 Å². The highest BCUT2D eigenvalue weighted by molar-refractivity contribution is 9.09. The molecule has 2 saturated heterocycles. The average molecular weight is 705 g/mol. The number of rotatable bonds is 6. The number of imide groups is 2. The average Bonchev–Trinajstić information content (AvgIpc) is 3.34. The molecule has 2 aromatic rings. The minimum atomic E-state index is -1.94. The number of anilines is 1. The quantitative estimate of drug-likeness (QED) is 0.113. The standard InChI is InChI=1S/C30H24BrCl2N3O8/c1-44-23-12-15(3-11-22(23)37)2-10-21-18-8-9-19-24(20(18)13-29(32)27(40)34(14-31)28(41)30(21,29)33)26(39)35(25(19)38)16-4-6-17(7-5-16)36(42)43/h2-8,10-12,19-21,24,37H,9,13-14H2,1H3/t19-,20+,21-,24-,29+,30-/m0/s1. The summed E-state index contributed by atoms with van der Waals surface area (Å²) in [6.07, 6.45) is 5.14. The maximum Gasteiger partial charge on any atom is 0.269 e. The Morgan fingerprint density at radius 1 is 1.09 bits per heavy atom. The molecule has 0 spiro atoms. The highest BCUT2D eigenvalue weighted by atomic mass is 79.9. The Balaban J connectivity index is 1.44. The number of non-ortho nitro benzene ring substituents is 1. The van der Waals surface area contributed by atoms with Gasteiger partial charge in [-0.3, -0.25) is 39.1 Å². The van der Waals surface area contributed by atoms with Crippen molar-refractivity contribution in [2.45, 2.75) is 22.6 Å². The Hall–Kier alpha value is -3.74. The molecule has 1 N–H and O–H groups in total. The van der Waals surface area contributed by atoms with Crippen molar-refractivity contribution in [3.63, 3.8) is 0 Å². The van der Waals surface area contributed by atoms with E-state index >= 15 is 0 Å². The molecule has 0 unspecified atom stereocenters. The number of phenols is 1. The van der Waals surface area contributed by atoms with E-state index in [0.717, 1.165) is 9.80 Å². The number of halogens is 3. The number of aromatic hydroxyl groups is 1. The molecule has 0 bridgehead atoms. The van der Waals surface area contributed by atoms with Crippen LogP contribution in [0.25, 0.3) is 6.08 Å². The molecule has 228 valence electrons. The number of likely N-dealkylation sites (tertiary alicyclic amines) is 1. The molecule has 4 aliphatic rings. The number of amides is 4. The van der Waals surface area contributed by atoms with Crippen LogP contribution in [0.4, 0.5) is 11.4 Å².